The van der Waals surface area contributed by atoms with E-state index in [1.807, 2.05) is 55.5 Å². The maximum atomic E-state index is 11.2. The van der Waals surface area contributed by atoms with E-state index in [2.05, 4.69) is 5.32 Å². The molecule has 1 amide bonds. The summed E-state index contributed by atoms with van der Waals surface area (Å²) < 4.78 is 16.5. The number of hydrogen-bond acceptors (Lipinski definition) is 4. The van der Waals surface area contributed by atoms with Gasteiger partial charge in [0.25, 0.3) is 0 Å². The fourth-order valence-corrected chi connectivity index (χ4v) is 2.43. The molecule has 1 aliphatic heterocycles. The van der Waals surface area contributed by atoms with Gasteiger partial charge in [-0.05, 0) is 30.2 Å². The van der Waals surface area contributed by atoms with E-state index in [-0.39, 0.29) is 18.4 Å². The number of ether oxygens (including phenoxy) is 3. The third kappa shape index (κ3) is 4.32. The van der Waals surface area contributed by atoms with Crippen LogP contribution >= 0.6 is 12.4 Å². The van der Waals surface area contributed by atoms with Crippen LogP contribution in [0.5, 0.6) is 11.5 Å². The highest BCUT2D eigenvalue weighted by molar-refractivity contribution is 5.85. The van der Waals surface area contributed by atoms with E-state index >= 15 is 0 Å². The Balaban J connectivity index is 0.00000208. The second kappa shape index (κ2) is 8.45. The first-order valence-electron chi connectivity index (χ1n) is 7.63. The standard InChI is InChI=1S/C18H19NO4.ClH/c1-2-21-17-10-14(15-12-23-18(20)19-15)8-9-16(17)22-11-13-6-4-3-5-7-13;/h3-10,15H,2,11-12H2,1H3,(H,19,20);1H/t15-;/m1./s1. The summed E-state index contributed by atoms with van der Waals surface area (Å²) in [4.78, 5) is 11.2. The van der Waals surface area contributed by atoms with Crippen molar-refractivity contribution in [2.45, 2.75) is 19.6 Å². The quantitative estimate of drug-likeness (QED) is 0.860. The Hall–Kier alpha value is -2.40. The number of alkyl carbamates (subject to hydrolysis) is 1. The number of carbonyl (C=O) groups excluding carboxylic acids is 1. The van der Waals surface area contributed by atoms with Crippen LogP contribution in [0.25, 0.3) is 0 Å². The first kappa shape index (κ1) is 17.9. The molecule has 24 heavy (non-hydrogen) atoms. The lowest BCUT2D eigenvalue weighted by Gasteiger charge is -2.15. The van der Waals surface area contributed by atoms with Crippen LogP contribution in [-0.2, 0) is 11.3 Å². The molecule has 0 saturated carbocycles. The minimum absolute atomic E-state index is 0. The Morgan fingerprint density at radius 1 is 1.12 bits per heavy atom. The number of benzene rings is 2. The highest BCUT2D eigenvalue weighted by Gasteiger charge is 2.24. The zero-order valence-electron chi connectivity index (χ0n) is 13.4. The third-order valence-corrected chi connectivity index (χ3v) is 3.58. The minimum Gasteiger partial charge on any atom is -0.490 e. The van der Waals surface area contributed by atoms with Gasteiger partial charge in [0, 0.05) is 0 Å². The Labute approximate surface area is 147 Å². The number of rotatable bonds is 6. The molecule has 3 rings (SSSR count). The molecule has 1 saturated heterocycles. The van der Waals surface area contributed by atoms with Crippen molar-refractivity contribution in [2.75, 3.05) is 13.2 Å². The van der Waals surface area contributed by atoms with Crippen molar-refractivity contribution in [1.29, 1.82) is 0 Å². The van der Waals surface area contributed by atoms with Gasteiger partial charge in [0.15, 0.2) is 11.5 Å². The molecule has 1 heterocycles. The number of amides is 1. The van der Waals surface area contributed by atoms with Crippen LogP contribution in [0.3, 0.4) is 0 Å². The first-order valence-corrected chi connectivity index (χ1v) is 7.63. The van der Waals surface area contributed by atoms with E-state index in [0.29, 0.717) is 31.3 Å². The Kier molecular flexibility index (Phi) is 6.32. The number of carbonyl (C=O) groups is 1. The molecule has 0 unspecified atom stereocenters. The largest absolute Gasteiger partial charge is 0.490 e. The van der Waals surface area contributed by atoms with Gasteiger partial charge in [-0.2, -0.15) is 0 Å². The van der Waals surface area contributed by atoms with Crippen molar-refractivity contribution < 1.29 is 19.0 Å². The molecule has 5 nitrogen and oxygen atoms in total. The van der Waals surface area contributed by atoms with E-state index < -0.39 is 6.09 Å². The average Bonchev–Trinajstić information content (AvgIpc) is 3.01. The second-order valence-corrected chi connectivity index (χ2v) is 5.21. The van der Waals surface area contributed by atoms with Gasteiger partial charge in [0.05, 0.1) is 12.6 Å². The molecule has 0 bridgehead atoms. The molecule has 0 spiro atoms. The lowest BCUT2D eigenvalue weighted by atomic mass is 10.1. The molecule has 0 aromatic heterocycles. The van der Waals surface area contributed by atoms with Crippen LogP contribution in [0.1, 0.15) is 24.1 Å². The second-order valence-electron chi connectivity index (χ2n) is 5.21. The van der Waals surface area contributed by atoms with Gasteiger partial charge in [-0.3, -0.25) is 0 Å². The van der Waals surface area contributed by atoms with Crippen molar-refractivity contribution in [3.63, 3.8) is 0 Å². The van der Waals surface area contributed by atoms with Crippen LogP contribution in [0.2, 0.25) is 0 Å². The van der Waals surface area contributed by atoms with Crippen LogP contribution in [0.4, 0.5) is 4.79 Å². The van der Waals surface area contributed by atoms with Crippen LogP contribution in [0, 0.1) is 0 Å². The highest BCUT2D eigenvalue weighted by Crippen LogP contribution is 2.32. The molecule has 1 fully saturated rings. The van der Waals surface area contributed by atoms with Gasteiger partial charge in [0.1, 0.15) is 13.2 Å². The smallest absolute Gasteiger partial charge is 0.407 e. The van der Waals surface area contributed by atoms with E-state index in [1.54, 1.807) is 0 Å². The summed E-state index contributed by atoms with van der Waals surface area (Å²) in [5.74, 6) is 1.35. The summed E-state index contributed by atoms with van der Waals surface area (Å²) in [6.07, 6.45) is -0.391. The normalized spacial score (nSPS) is 15.9. The van der Waals surface area contributed by atoms with Gasteiger partial charge >= 0.3 is 6.09 Å². The van der Waals surface area contributed by atoms with Gasteiger partial charge in [-0.15, -0.1) is 12.4 Å². The summed E-state index contributed by atoms with van der Waals surface area (Å²) in [5, 5.41) is 2.76. The van der Waals surface area contributed by atoms with E-state index in [9.17, 15) is 4.79 Å². The van der Waals surface area contributed by atoms with Crippen molar-refractivity contribution in [3.8, 4) is 11.5 Å². The third-order valence-electron chi connectivity index (χ3n) is 3.58. The molecule has 2 aromatic rings. The molecule has 6 heteroatoms. The Bertz CT molecular complexity index is 678. The van der Waals surface area contributed by atoms with Crippen molar-refractivity contribution in [1.82, 2.24) is 5.32 Å². The molecule has 2 aromatic carbocycles. The first-order chi connectivity index (χ1) is 11.3. The van der Waals surface area contributed by atoms with E-state index in [1.165, 1.54) is 0 Å². The molecular weight excluding hydrogens is 330 g/mol. The van der Waals surface area contributed by atoms with Crippen LogP contribution in [0.15, 0.2) is 48.5 Å². The Morgan fingerprint density at radius 3 is 2.58 bits per heavy atom. The summed E-state index contributed by atoms with van der Waals surface area (Å²) in [6, 6.07) is 15.5. The number of nitrogens with one attached hydrogen (secondary N) is 1. The minimum atomic E-state index is -0.391. The van der Waals surface area contributed by atoms with Gasteiger partial charge in [-0.25, -0.2) is 4.79 Å². The molecule has 1 N–H and O–H groups in total. The SMILES string of the molecule is CCOc1cc([C@H]2COC(=O)N2)ccc1OCc1ccccc1.Cl. The molecule has 0 radical (unpaired) electrons. The topological polar surface area (TPSA) is 56.8 Å². The monoisotopic (exact) mass is 349 g/mol. The van der Waals surface area contributed by atoms with Gasteiger partial charge in [-0.1, -0.05) is 36.4 Å². The molecular formula is C18H20ClNO4. The number of cyclic esters (lactones) is 1. The summed E-state index contributed by atoms with van der Waals surface area (Å²) in [7, 11) is 0. The maximum absolute atomic E-state index is 11.2. The predicted molar refractivity (Wildman–Crippen MR) is 92.9 cm³/mol. The van der Waals surface area contributed by atoms with E-state index in [4.69, 9.17) is 14.2 Å². The zero-order valence-corrected chi connectivity index (χ0v) is 14.2. The van der Waals surface area contributed by atoms with Crippen LogP contribution in [-0.4, -0.2) is 19.3 Å². The van der Waals surface area contributed by atoms with Gasteiger partial charge < -0.3 is 19.5 Å². The van der Waals surface area contributed by atoms with Crippen molar-refractivity contribution in [3.05, 3.63) is 59.7 Å². The fraction of sp³-hybridized carbons (Fsp3) is 0.278. The highest BCUT2D eigenvalue weighted by atomic mass is 35.5. The summed E-state index contributed by atoms with van der Waals surface area (Å²) in [5.41, 5.74) is 2.03. The maximum Gasteiger partial charge on any atom is 0.407 e. The predicted octanol–water partition coefficient (Wildman–Crippen LogP) is 3.87. The molecule has 1 aliphatic rings. The van der Waals surface area contributed by atoms with Crippen molar-refractivity contribution >= 4 is 18.5 Å². The Morgan fingerprint density at radius 2 is 1.92 bits per heavy atom. The summed E-state index contributed by atoms with van der Waals surface area (Å²) in [6.45, 7) is 3.27. The van der Waals surface area contributed by atoms with Crippen molar-refractivity contribution in [2.24, 2.45) is 0 Å². The lowest BCUT2D eigenvalue weighted by Crippen LogP contribution is -2.18. The molecule has 0 aliphatic carbocycles. The lowest BCUT2D eigenvalue weighted by molar-refractivity contribution is 0.177. The molecule has 128 valence electrons. The zero-order chi connectivity index (χ0) is 16.1. The molecule has 1 atom stereocenters. The summed E-state index contributed by atoms with van der Waals surface area (Å²) >= 11 is 0. The average molecular weight is 350 g/mol. The number of halogens is 1. The fourth-order valence-electron chi connectivity index (χ4n) is 2.43. The van der Waals surface area contributed by atoms with Gasteiger partial charge in [0.2, 0.25) is 0 Å². The number of hydrogen-bond donors (Lipinski definition) is 1. The van der Waals surface area contributed by atoms with E-state index in [0.717, 1.165) is 11.1 Å². The van der Waals surface area contributed by atoms with Crippen LogP contribution < -0.4 is 14.8 Å².